The zero-order valence-corrected chi connectivity index (χ0v) is 6.90. The highest BCUT2D eigenvalue weighted by molar-refractivity contribution is 5.69. The van der Waals surface area contributed by atoms with Crippen molar-refractivity contribution in [3.63, 3.8) is 0 Å². The van der Waals surface area contributed by atoms with Crippen molar-refractivity contribution >= 4 is 5.97 Å². The summed E-state index contributed by atoms with van der Waals surface area (Å²) in [5.74, 6) is -1.14. The van der Waals surface area contributed by atoms with Crippen LogP contribution in [0.2, 0.25) is 0 Å². The Bertz CT molecular complexity index is 258. The minimum atomic E-state index is -0.777. The molecule has 3 heteroatoms. The fraction of sp³-hybridized carbons (Fsp3) is 0.333. The Morgan fingerprint density at radius 3 is 2.92 bits per heavy atom. The van der Waals surface area contributed by atoms with E-state index in [4.69, 9.17) is 5.11 Å². The monoisotopic (exact) mass is 165 g/mol. The first-order chi connectivity index (χ1) is 5.70. The molecule has 0 aliphatic rings. The number of hydrogen-bond donors (Lipinski definition) is 1. The number of aliphatic carboxylic acids is 1. The quantitative estimate of drug-likeness (QED) is 0.735. The van der Waals surface area contributed by atoms with Gasteiger partial charge in [0.05, 0.1) is 5.92 Å². The van der Waals surface area contributed by atoms with E-state index in [9.17, 15) is 4.79 Å². The largest absolute Gasteiger partial charge is 0.481 e. The summed E-state index contributed by atoms with van der Waals surface area (Å²) in [7, 11) is 0. The minimum absolute atomic E-state index is 0.361. The van der Waals surface area contributed by atoms with Crippen LogP contribution in [-0.4, -0.2) is 16.1 Å². The van der Waals surface area contributed by atoms with Crippen LogP contribution in [0.3, 0.4) is 0 Å². The van der Waals surface area contributed by atoms with Gasteiger partial charge in [-0.15, -0.1) is 0 Å². The smallest absolute Gasteiger partial charge is 0.306 e. The van der Waals surface area contributed by atoms with Crippen LogP contribution >= 0.6 is 0 Å². The van der Waals surface area contributed by atoms with E-state index in [2.05, 4.69) is 4.98 Å². The maximum Gasteiger partial charge on any atom is 0.306 e. The first-order valence-electron chi connectivity index (χ1n) is 3.83. The van der Waals surface area contributed by atoms with Crippen molar-refractivity contribution in [3.05, 3.63) is 30.1 Å². The number of carboxylic acids is 1. The molecular formula is C9H11NO2. The van der Waals surface area contributed by atoms with E-state index >= 15 is 0 Å². The Kier molecular flexibility index (Phi) is 2.80. The lowest BCUT2D eigenvalue weighted by Crippen LogP contribution is -2.12. The van der Waals surface area contributed by atoms with Crippen LogP contribution in [0.15, 0.2) is 24.4 Å². The van der Waals surface area contributed by atoms with Crippen molar-refractivity contribution in [2.75, 3.05) is 0 Å². The van der Waals surface area contributed by atoms with Crippen LogP contribution in [0.25, 0.3) is 0 Å². The van der Waals surface area contributed by atoms with Gasteiger partial charge in [0.25, 0.3) is 0 Å². The van der Waals surface area contributed by atoms with Crippen LogP contribution in [0.1, 0.15) is 12.6 Å². The lowest BCUT2D eigenvalue weighted by Gasteiger charge is -2.03. The summed E-state index contributed by atoms with van der Waals surface area (Å²) in [5, 5.41) is 8.62. The molecular weight excluding hydrogens is 154 g/mol. The van der Waals surface area contributed by atoms with Crippen molar-refractivity contribution < 1.29 is 9.90 Å². The molecule has 0 aliphatic carbocycles. The second-order valence-electron chi connectivity index (χ2n) is 2.76. The van der Waals surface area contributed by atoms with Gasteiger partial charge >= 0.3 is 5.97 Å². The zero-order valence-electron chi connectivity index (χ0n) is 6.90. The fourth-order valence-corrected chi connectivity index (χ4v) is 0.920. The molecule has 0 radical (unpaired) electrons. The summed E-state index contributed by atoms with van der Waals surface area (Å²) in [6.45, 7) is 1.68. The number of carbonyl (C=O) groups is 1. The fourth-order valence-electron chi connectivity index (χ4n) is 0.920. The van der Waals surface area contributed by atoms with Gasteiger partial charge < -0.3 is 5.11 Å². The van der Waals surface area contributed by atoms with E-state index in [1.807, 2.05) is 18.2 Å². The average molecular weight is 165 g/mol. The molecule has 1 atom stereocenters. The predicted octanol–water partition coefficient (Wildman–Crippen LogP) is 1.34. The molecule has 64 valence electrons. The second-order valence-corrected chi connectivity index (χ2v) is 2.76. The standard InChI is InChI=1S/C9H11NO2/c1-7(9(11)12)6-8-4-2-3-5-10-8/h2-5,7H,6H2,1H3,(H,11,12). The number of rotatable bonds is 3. The van der Waals surface area contributed by atoms with Gasteiger partial charge in [-0.3, -0.25) is 9.78 Å². The maximum atomic E-state index is 10.5. The number of carboxylic acid groups (broad SMARTS) is 1. The van der Waals surface area contributed by atoms with Crippen LogP contribution in [-0.2, 0) is 11.2 Å². The van der Waals surface area contributed by atoms with Crippen molar-refractivity contribution in [1.82, 2.24) is 4.98 Å². The van der Waals surface area contributed by atoms with E-state index in [0.29, 0.717) is 6.42 Å². The first kappa shape index (κ1) is 8.71. The van der Waals surface area contributed by atoms with Crippen molar-refractivity contribution in [2.24, 2.45) is 5.92 Å². The van der Waals surface area contributed by atoms with Gasteiger partial charge in [0.2, 0.25) is 0 Å². The Labute approximate surface area is 71.1 Å². The summed E-state index contributed by atoms with van der Waals surface area (Å²) in [6.07, 6.45) is 2.17. The number of nitrogens with zero attached hydrogens (tertiary/aromatic N) is 1. The topological polar surface area (TPSA) is 50.2 Å². The highest BCUT2D eigenvalue weighted by atomic mass is 16.4. The lowest BCUT2D eigenvalue weighted by atomic mass is 10.1. The van der Waals surface area contributed by atoms with Crippen LogP contribution in [0.5, 0.6) is 0 Å². The van der Waals surface area contributed by atoms with Gasteiger partial charge in [0.15, 0.2) is 0 Å². The Morgan fingerprint density at radius 2 is 2.42 bits per heavy atom. The first-order valence-corrected chi connectivity index (χ1v) is 3.83. The molecule has 1 aromatic rings. The Balaban J connectivity index is 2.58. The molecule has 1 rings (SSSR count). The van der Waals surface area contributed by atoms with Crippen LogP contribution in [0, 0.1) is 5.92 Å². The molecule has 0 amide bonds. The number of pyridine rings is 1. The van der Waals surface area contributed by atoms with E-state index in [-0.39, 0.29) is 5.92 Å². The molecule has 0 spiro atoms. The summed E-state index contributed by atoms with van der Waals surface area (Å²) in [4.78, 5) is 14.5. The molecule has 0 fully saturated rings. The predicted molar refractivity (Wildman–Crippen MR) is 44.7 cm³/mol. The van der Waals surface area contributed by atoms with E-state index < -0.39 is 5.97 Å². The van der Waals surface area contributed by atoms with Gasteiger partial charge in [-0.2, -0.15) is 0 Å². The normalized spacial score (nSPS) is 12.4. The molecule has 3 nitrogen and oxygen atoms in total. The molecule has 1 aromatic heterocycles. The molecule has 0 saturated carbocycles. The van der Waals surface area contributed by atoms with Crippen LogP contribution < -0.4 is 0 Å². The third-order valence-corrected chi connectivity index (χ3v) is 1.66. The summed E-state index contributed by atoms with van der Waals surface area (Å²) < 4.78 is 0. The zero-order chi connectivity index (χ0) is 8.97. The van der Waals surface area contributed by atoms with E-state index in [1.54, 1.807) is 13.1 Å². The highest BCUT2D eigenvalue weighted by Crippen LogP contribution is 2.04. The van der Waals surface area contributed by atoms with Crippen molar-refractivity contribution in [2.45, 2.75) is 13.3 Å². The van der Waals surface area contributed by atoms with Gasteiger partial charge in [-0.05, 0) is 12.1 Å². The van der Waals surface area contributed by atoms with E-state index in [0.717, 1.165) is 5.69 Å². The average Bonchev–Trinajstić information content (AvgIpc) is 2.06. The summed E-state index contributed by atoms with van der Waals surface area (Å²) in [6, 6.07) is 5.51. The highest BCUT2D eigenvalue weighted by Gasteiger charge is 2.11. The van der Waals surface area contributed by atoms with E-state index in [1.165, 1.54) is 0 Å². The van der Waals surface area contributed by atoms with Gasteiger partial charge in [-0.1, -0.05) is 13.0 Å². The second kappa shape index (κ2) is 3.85. The molecule has 0 aliphatic heterocycles. The molecule has 0 aromatic carbocycles. The summed E-state index contributed by atoms with van der Waals surface area (Å²) in [5.41, 5.74) is 0.826. The maximum absolute atomic E-state index is 10.5. The molecule has 0 saturated heterocycles. The molecule has 1 heterocycles. The Hall–Kier alpha value is -1.38. The Morgan fingerprint density at radius 1 is 1.67 bits per heavy atom. The van der Waals surface area contributed by atoms with Gasteiger partial charge in [-0.25, -0.2) is 0 Å². The van der Waals surface area contributed by atoms with Gasteiger partial charge in [0, 0.05) is 18.3 Å². The molecule has 1 unspecified atom stereocenters. The number of hydrogen-bond acceptors (Lipinski definition) is 2. The minimum Gasteiger partial charge on any atom is -0.481 e. The van der Waals surface area contributed by atoms with Gasteiger partial charge in [0.1, 0.15) is 0 Å². The third-order valence-electron chi connectivity index (χ3n) is 1.66. The van der Waals surface area contributed by atoms with Crippen LogP contribution in [0.4, 0.5) is 0 Å². The summed E-state index contributed by atoms with van der Waals surface area (Å²) >= 11 is 0. The van der Waals surface area contributed by atoms with Crippen molar-refractivity contribution in [1.29, 1.82) is 0 Å². The number of aromatic nitrogens is 1. The van der Waals surface area contributed by atoms with Crippen molar-refractivity contribution in [3.8, 4) is 0 Å². The molecule has 1 N–H and O–H groups in total. The SMILES string of the molecule is CC(Cc1ccccn1)C(=O)O. The lowest BCUT2D eigenvalue weighted by molar-refractivity contribution is -0.141. The molecule has 12 heavy (non-hydrogen) atoms. The third kappa shape index (κ3) is 2.34. The molecule has 0 bridgehead atoms.